The summed E-state index contributed by atoms with van der Waals surface area (Å²) in [5.41, 5.74) is 2.51. The van der Waals surface area contributed by atoms with E-state index in [-0.39, 0.29) is 0 Å². The maximum atomic E-state index is 8.79. The second kappa shape index (κ2) is 3.76. The van der Waals surface area contributed by atoms with Gasteiger partial charge in [0, 0.05) is 6.20 Å². The summed E-state index contributed by atoms with van der Waals surface area (Å²) in [5.74, 6) is 0. The van der Waals surface area contributed by atoms with Gasteiger partial charge in [-0.15, -0.1) is 0 Å². The molecule has 1 heterocycles. The molecule has 1 aromatic carbocycles. The molecule has 0 aliphatic rings. The Morgan fingerprint density at radius 3 is 2.80 bits per heavy atom. The molecule has 0 unspecified atom stereocenters. The van der Waals surface area contributed by atoms with Crippen molar-refractivity contribution in [3.05, 3.63) is 46.7 Å². The van der Waals surface area contributed by atoms with E-state index in [0.717, 1.165) is 11.3 Å². The fraction of sp³-hybridized carbons (Fsp3) is 0.0909. The Morgan fingerprint density at radius 1 is 1.47 bits per heavy atom. The standard InChI is InChI=1S/C11H8ClN3/c1-8-4-11(3-2-9(8)5-13)15-7-10(12)6-14-15/h2-4,6-7H,1H3. The maximum Gasteiger partial charge on any atom is 0.0994 e. The van der Waals surface area contributed by atoms with Crippen LogP contribution in [0.5, 0.6) is 0 Å². The van der Waals surface area contributed by atoms with Crippen LogP contribution in [0.2, 0.25) is 5.02 Å². The van der Waals surface area contributed by atoms with Crippen LogP contribution in [0.15, 0.2) is 30.6 Å². The van der Waals surface area contributed by atoms with Crippen molar-refractivity contribution in [3.8, 4) is 11.8 Å². The van der Waals surface area contributed by atoms with Crippen LogP contribution in [0.4, 0.5) is 0 Å². The number of hydrogen-bond donors (Lipinski definition) is 0. The number of halogens is 1. The van der Waals surface area contributed by atoms with Crippen molar-refractivity contribution in [2.45, 2.75) is 6.92 Å². The molecule has 0 amide bonds. The fourth-order valence-corrected chi connectivity index (χ4v) is 1.49. The van der Waals surface area contributed by atoms with E-state index in [1.54, 1.807) is 23.1 Å². The first-order chi connectivity index (χ1) is 7.20. The molecule has 0 bridgehead atoms. The van der Waals surface area contributed by atoms with Crippen molar-refractivity contribution < 1.29 is 0 Å². The van der Waals surface area contributed by atoms with Gasteiger partial charge in [0.1, 0.15) is 0 Å². The third-order valence-corrected chi connectivity index (χ3v) is 2.34. The van der Waals surface area contributed by atoms with E-state index < -0.39 is 0 Å². The van der Waals surface area contributed by atoms with E-state index in [0.29, 0.717) is 10.6 Å². The molecule has 0 atom stereocenters. The molecular formula is C11H8ClN3. The van der Waals surface area contributed by atoms with Crippen LogP contribution in [-0.4, -0.2) is 9.78 Å². The predicted octanol–water partition coefficient (Wildman–Crippen LogP) is 2.71. The van der Waals surface area contributed by atoms with Gasteiger partial charge in [0.15, 0.2) is 0 Å². The molecule has 0 N–H and O–H groups in total. The topological polar surface area (TPSA) is 41.6 Å². The first-order valence-electron chi connectivity index (χ1n) is 4.42. The van der Waals surface area contributed by atoms with Crippen molar-refractivity contribution in [1.82, 2.24) is 9.78 Å². The first kappa shape index (κ1) is 9.75. The lowest BCUT2D eigenvalue weighted by Gasteiger charge is -2.03. The Hall–Kier alpha value is -1.79. The van der Waals surface area contributed by atoms with Crippen LogP contribution in [0.3, 0.4) is 0 Å². The number of nitrogens with zero attached hydrogens (tertiary/aromatic N) is 3. The normalized spacial score (nSPS) is 9.93. The SMILES string of the molecule is Cc1cc(-n2cc(Cl)cn2)ccc1C#N. The molecule has 1 aromatic heterocycles. The zero-order chi connectivity index (χ0) is 10.8. The smallest absolute Gasteiger partial charge is 0.0994 e. The number of hydrogen-bond acceptors (Lipinski definition) is 2. The summed E-state index contributed by atoms with van der Waals surface area (Å²) >= 11 is 5.77. The molecule has 0 saturated carbocycles. The van der Waals surface area contributed by atoms with Gasteiger partial charge in [0.05, 0.1) is 28.5 Å². The van der Waals surface area contributed by atoms with Gasteiger partial charge in [-0.3, -0.25) is 0 Å². The highest BCUT2D eigenvalue weighted by Crippen LogP contribution is 2.15. The highest BCUT2D eigenvalue weighted by molar-refractivity contribution is 6.30. The molecule has 15 heavy (non-hydrogen) atoms. The molecule has 2 aromatic rings. The summed E-state index contributed by atoms with van der Waals surface area (Å²) < 4.78 is 1.68. The monoisotopic (exact) mass is 217 g/mol. The predicted molar refractivity (Wildman–Crippen MR) is 58.0 cm³/mol. The molecule has 0 spiro atoms. The summed E-state index contributed by atoms with van der Waals surface area (Å²) in [4.78, 5) is 0. The van der Waals surface area contributed by atoms with Gasteiger partial charge in [-0.25, -0.2) is 4.68 Å². The van der Waals surface area contributed by atoms with Crippen LogP contribution in [0, 0.1) is 18.3 Å². The summed E-state index contributed by atoms with van der Waals surface area (Å²) in [7, 11) is 0. The van der Waals surface area contributed by atoms with E-state index in [9.17, 15) is 0 Å². The summed E-state index contributed by atoms with van der Waals surface area (Å²) in [6.45, 7) is 1.90. The zero-order valence-corrected chi connectivity index (χ0v) is 8.86. The lowest BCUT2D eigenvalue weighted by molar-refractivity contribution is 0.879. The van der Waals surface area contributed by atoms with Crippen LogP contribution < -0.4 is 0 Å². The highest BCUT2D eigenvalue weighted by Gasteiger charge is 2.02. The maximum absolute atomic E-state index is 8.79. The van der Waals surface area contributed by atoms with Crippen LogP contribution in [0.1, 0.15) is 11.1 Å². The second-order valence-corrected chi connectivity index (χ2v) is 3.65. The highest BCUT2D eigenvalue weighted by atomic mass is 35.5. The third kappa shape index (κ3) is 1.85. The fourth-order valence-electron chi connectivity index (χ4n) is 1.36. The van der Waals surface area contributed by atoms with E-state index in [1.165, 1.54) is 0 Å². The summed E-state index contributed by atoms with van der Waals surface area (Å²) in [6.07, 6.45) is 3.30. The number of aryl methyl sites for hydroxylation is 1. The van der Waals surface area contributed by atoms with Gasteiger partial charge in [-0.2, -0.15) is 10.4 Å². The number of nitriles is 1. The van der Waals surface area contributed by atoms with Crippen LogP contribution in [-0.2, 0) is 0 Å². The molecule has 0 radical (unpaired) electrons. The van der Waals surface area contributed by atoms with Gasteiger partial charge >= 0.3 is 0 Å². The Balaban J connectivity index is 2.48. The van der Waals surface area contributed by atoms with Crippen LogP contribution >= 0.6 is 11.6 Å². The van der Waals surface area contributed by atoms with E-state index >= 15 is 0 Å². The largest absolute Gasteiger partial charge is 0.239 e. The minimum Gasteiger partial charge on any atom is -0.239 e. The molecule has 0 aliphatic heterocycles. The van der Waals surface area contributed by atoms with Crippen molar-refractivity contribution in [1.29, 1.82) is 5.26 Å². The van der Waals surface area contributed by atoms with Crippen molar-refractivity contribution in [2.75, 3.05) is 0 Å². The molecule has 0 aliphatic carbocycles. The van der Waals surface area contributed by atoms with Crippen molar-refractivity contribution >= 4 is 11.6 Å². The number of aromatic nitrogens is 2. The van der Waals surface area contributed by atoms with Gasteiger partial charge in [0.2, 0.25) is 0 Å². The second-order valence-electron chi connectivity index (χ2n) is 3.21. The molecule has 2 rings (SSSR count). The van der Waals surface area contributed by atoms with Crippen LogP contribution in [0.25, 0.3) is 5.69 Å². The lowest BCUT2D eigenvalue weighted by atomic mass is 10.1. The molecule has 3 nitrogen and oxygen atoms in total. The van der Waals surface area contributed by atoms with E-state index in [4.69, 9.17) is 16.9 Å². The Kier molecular flexibility index (Phi) is 2.44. The molecule has 0 saturated heterocycles. The summed E-state index contributed by atoms with van der Waals surface area (Å²) in [6, 6.07) is 7.65. The van der Waals surface area contributed by atoms with Crippen molar-refractivity contribution in [2.24, 2.45) is 0 Å². The molecular weight excluding hydrogens is 210 g/mol. The van der Waals surface area contributed by atoms with E-state index in [2.05, 4.69) is 11.2 Å². The molecule has 4 heteroatoms. The van der Waals surface area contributed by atoms with Crippen molar-refractivity contribution in [3.63, 3.8) is 0 Å². The molecule has 74 valence electrons. The molecule has 0 fully saturated rings. The number of benzene rings is 1. The Morgan fingerprint density at radius 2 is 2.27 bits per heavy atom. The first-order valence-corrected chi connectivity index (χ1v) is 4.80. The number of rotatable bonds is 1. The van der Waals surface area contributed by atoms with E-state index in [1.807, 2.05) is 19.1 Å². The zero-order valence-electron chi connectivity index (χ0n) is 8.11. The third-order valence-electron chi connectivity index (χ3n) is 2.15. The Bertz CT molecular complexity index is 537. The van der Waals surface area contributed by atoms with Gasteiger partial charge in [-0.05, 0) is 30.7 Å². The minimum absolute atomic E-state index is 0.594. The average Bonchev–Trinajstić information content (AvgIpc) is 2.65. The quantitative estimate of drug-likeness (QED) is 0.737. The minimum atomic E-state index is 0.594. The lowest BCUT2D eigenvalue weighted by Crippen LogP contribution is -1.95. The van der Waals surface area contributed by atoms with Gasteiger partial charge in [0.25, 0.3) is 0 Å². The average molecular weight is 218 g/mol. The van der Waals surface area contributed by atoms with Gasteiger partial charge < -0.3 is 0 Å². The Labute approximate surface area is 92.5 Å². The van der Waals surface area contributed by atoms with Gasteiger partial charge in [-0.1, -0.05) is 11.6 Å². The summed E-state index contributed by atoms with van der Waals surface area (Å²) in [5, 5.41) is 13.5.